The van der Waals surface area contributed by atoms with Crippen molar-refractivity contribution in [2.24, 2.45) is 0 Å². The van der Waals surface area contributed by atoms with Crippen molar-refractivity contribution in [2.75, 3.05) is 17.1 Å². The summed E-state index contributed by atoms with van der Waals surface area (Å²) in [4.78, 5) is 1.06. The van der Waals surface area contributed by atoms with Crippen molar-refractivity contribution >= 4 is 61.7 Å². The van der Waals surface area contributed by atoms with E-state index in [-0.39, 0.29) is 9.92 Å². The number of nitrogens with one attached hydrogen (secondary N) is 3. The number of methoxy groups -OCH3 is 1. The van der Waals surface area contributed by atoms with Gasteiger partial charge in [-0.1, -0.05) is 29.8 Å². The van der Waals surface area contributed by atoms with E-state index in [1.54, 1.807) is 41.7 Å². The monoisotopic (exact) mass is 467 g/mol. The molecule has 6 nitrogen and oxygen atoms in total. The fourth-order valence-electron chi connectivity index (χ4n) is 2.47. The summed E-state index contributed by atoms with van der Waals surface area (Å²) in [6.45, 7) is 0.581. The number of benzene rings is 2. The molecule has 3 N–H and O–H groups in total. The van der Waals surface area contributed by atoms with Crippen molar-refractivity contribution < 1.29 is 13.2 Å². The predicted molar refractivity (Wildman–Crippen MR) is 123 cm³/mol. The van der Waals surface area contributed by atoms with Crippen molar-refractivity contribution in [1.82, 2.24) is 5.32 Å². The number of thiophene rings is 1. The molecule has 152 valence electrons. The molecule has 0 radical (unpaired) electrons. The molecule has 0 spiro atoms. The number of ether oxygens (including phenoxy) is 1. The molecule has 0 saturated carbocycles. The van der Waals surface area contributed by atoms with E-state index < -0.39 is 10.0 Å². The lowest BCUT2D eigenvalue weighted by molar-refractivity contribution is 0.417. The predicted octanol–water partition coefficient (Wildman–Crippen LogP) is 4.70. The van der Waals surface area contributed by atoms with E-state index in [4.69, 9.17) is 28.6 Å². The summed E-state index contributed by atoms with van der Waals surface area (Å²) in [5.41, 5.74) is 0.816. The normalized spacial score (nSPS) is 11.0. The average molecular weight is 468 g/mol. The summed E-state index contributed by atoms with van der Waals surface area (Å²) in [5, 5.41) is 8.51. The molecule has 0 atom stereocenters. The van der Waals surface area contributed by atoms with Crippen LogP contribution in [0.25, 0.3) is 0 Å². The van der Waals surface area contributed by atoms with Crippen LogP contribution in [0.4, 0.5) is 11.4 Å². The summed E-state index contributed by atoms with van der Waals surface area (Å²) in [6, 6.07) is 15.3. The Morgan fingerprint density at radius 2 is 1.97 bits per heavy atom. The van der Waals surface area contributed by atoms with Gasteiger partial charge in [-0.25, -0.2) is 8.42 Å². The van der Waals surface area contributed by atoms with Crippen LogP contribution in [0.1, 0.15) is 4.88 Å². The zero-order chi connectivity index (χ0) is 20.9. The first kappa shape index (κ1) is 21.4. The molecule has 2 aromatic carbocycles. The van der Waals surface area contributed by atoms with Crippen LogP contribution >= 0.6 is 35.2 Å². The molecule has 0 fully saturated rings. The highest BCUT2D eigenvalue weighted by atomic mass is 35.5. The van der Waals surface area contributed by atoms with Gasteiger partial charge >= 0.3 is 0 Å². The lowest BCUT2D eigenvalue weighted by Crippen LogP contribution is -2.27. The van der Waals surface area contributed by atoms with Crippen molar-refractivity contribution in [2.45, 2.75) is 11.4 Å². The smallest absolute Gasteiger partial charge is 0.263 e. The molecule has 0 aliphatic rings. The van der Waals surface area contributed by atoms with E-state index in [1.807, 2.05) is 17.5 Å². The third-order valence-electron chi connectivity index (χ3n) is 3.83. The molecule has 1 heterocycles. The molecule has 0 saturated heterocycles. The quantitative estimate of drug-likeness (QED) is 0.437. The number of rotatable bonds is 7. The fraction of sp³-hybridized carbons (Fsp3) is 0.105. The number of sulfonamides is 1. The van der Waals surface area contributed by atoms with Crippen molar-refractivity contribution in [3.63, 3.8) is 0 Å². The van der Waals surface area contributed by atoms with Crippen LogP contribution in [0.3, 0.4) is 0 Å². The van der Waals surface area contributed by atoms with Gasteiger partial charge in [0.1, 0.15) is 10.6 Å². The van der Waals surface area contributed by atoms with Crippen LogP contribution < -0.4 is 20.1 Å². The molecule has 10 heteroatoms. The maximum absolute atomic E-state index is 12.9. The van der Waals surface area contributed by atoms with Gasteiger partial charge in [0.25, 0.3) is 10.0 Å². The second-order valence-electron chi connectivity index (χ2n) is 5.84. The average Bonchev–Trinajstić information content (AvgIpc) is 3.21. The van der Waals surface area contributed by atoms with E-state index in [1.165, 1.54) is 19.2 Å². The summed E-state index contributed by atoms with van der Waals surface area (Å²) in [6.07, 6.45) is 0. The van der Waals surface area contributed by atoms with Gasteiger partial charge in [0.2, 0.25) is 0 Å². The van der Waals surface area contributed by atoms with Gasteiger partial charge in [-0.2, -0.15) is 0 Å². The summed E-state index contributed by atoms with van der Waals surface area (Å²) in [5.74, 6) is 0.403. The lowest BCUT2D eigenvalue weighted by Gasteiger charge is -2.14. The minimum atomic E-state index is -3.95. The van der Waals surface area contributed by atoms with Crippen molar-refractivity contribution in [3.8, 4) is 5.75 Å². The van der Waals surface area contributed by atoms with E-state index in [2.05, 4.69) is 15.4 Å². The molecule has 3 rings (SSSR count). The zero-order valence-corrected chi connectivity index (χ0v) is 18.5. The molecule has 29 heavy (non-hydrogen) atoms. The lowest BCUT2D eigenvalue weighted by atomic mass is 10.3. The summed E-state index contributed by atoms with van der Waals surface area (Å²) in [7, 11) is -2.48. The van der Waals surface area contributed by atoms with Crippen LogP contribution in [0, 0.1) is 0 Å². The highest BCUT2D eigenvalue weighted by Gasteiger charge is 2.20. The first-order valence-electron chi connectivity index (χ1n) is 8.41. The molecular weight excluding hydrogens is 450 g/mol. The Kier molecular flexibility index (Phi) is 6.96. The third-order valence-corrected chi connectivity index (χ3v) is 6.80. The number of hydrogen-bond donors (Lipinski definition) is 3. The molecule has 0 amide bonds. The topological polar surface area (TPSA) is 79.5 Å². The highest BCUT2D eigenvalue weighted by Crippen LogP contribution is 2.30. The molecule has 0 bridgehead atoms. The van der Waals surface area contributed by atoms with Gasteiger partial charge in [0.05, 0.1) is 24.4 Å². The van der Waals surface area contributed by atoms with Crippen LogP contribution in [0.2, 0.25) is 5.02 Å². The van der Waals surface area contributed by atoms with Crippen LogP contribution in [-0.2, 0) is 16.6 Å². The molecular formula is C19H18ClN3O3S3. The fourth-order valence-corrected chi connectivity index (χ4v) is 4.90. The zero-order valence-electron chi connectivity index (χ0n) is 15.3. The number of para-hydroxylation sites is 2. The highest BCUT2D eigenvalue weighted by molar-refractivity contribution is 7.92. The Morgan fingerprint density at radius 3 is 2.69 bits per heavy atom. The van der Waals surface area contributed by atoms with Crippen molar-refractivity contribution in [3.05, 3.63) is 69.9 Å². The minimum absolute atomic E-state index is 0.0730. The Morgan fingerprint density at radius 1 is 1.17 bits per heavy atom. The van der Waals surface area contributed by atoms with Crippen LogP contribution in [0.5, 0.6) is 5.75 Å². The second kappa shape index (κ2) is 9.45. The maximum atomic E-state index is 12.9. The number of halogens is 1. The summed E-state index contributed by atoms with van der Waals surface area (Å²) >= 11 is 13.1. The van der Waals surface area contributed by atoms with Gasteiger partial charge in [0.15, 0.2) is 5.11 Å². The Bertz CT molecular complexity index is 1100. The molecule has 1 aromatic heterocycles. The van der Waals surface area contributed by atoms with E-state index in [0.29, 0.717) is 28.8 Å². The van der Waals surface area contributed by atoms with E-state index in [9.17, 15) is 8.42 Å². The van der Waals surface area contributed by atoms with Gasteiger partial charge in [-0.3, -0.25) is 4.72 Å². The van der Waals surface area contributed by atoms with Gasteiger partial charge in [-0.15, -0.1) is 11.3 Å². The molecule has 0 unspecified atom stereocenters. The molecule has 0 aliphatic heterocycles. The van der Waals surface area contributed by atoms with Crippen LogP contribution in [0.15, 0.2) is 64.9 Å². The maximum Gasteiger partial charge on any atom is 0.263 e. The first-order chi connectivity index (χ1) is 13.9. The molecule has 3 aromatic rings. The number of anilines is 2. The van der Waals surface area contributed by atoms with Crippen molar-refractivity contribution in [1.29, 1.82) is 0 Å². The Balaban J connectivity index is 1.76. The van der Waals surface area contributed by atoms with Gasteiger partial charge in [-0.05, 0) is 54.0 Å². The van der Waals surface area contributed by atoms with E-state index in [0.717, 1.165) is 4.88 Å². The van der Waals surface area contributed by atoms with Gasteiger partial charge < -0.3 is 15.4 Å². The SMILES string of the molecule is COc1ccccc1NS(=O)(=O)c1cc(NC(=S)NCc2cccs2)ccc1Cl. The molecule has 0 aliphatic carbocycles. The second-order valence-corrected chi connectivity index (χ2v) is 9.34. The van der Waals surface area contributed by atoms with Crippen LogP contribution in [-0.4, -0.2) is 20.6 Å². The minimum Gasteiger partial charge on any atom is -0.495 e. The van der Waals surface area contributed by atoms with E-state index >= 15 is 0 Å². The Hall–Kier alpha value is -2.33. The number of hydrogen-bond acceptors (Lipinski definition) is 5. The third kappa shape index (κ3) is 5.60. The standard InChI is InChI=1S/C19H18ClN3O3S3/c1-26-17-7-3-2-6-16(17)23-29(24,25)18-11-13(8-9-15(18)20)22-19(27)21-12-14-5-4-10-28-14/h2-11,23H,12H2,1H3,(H2,21,22,27). The Labute approximate surface area is 183 Å². The number of thiocarbonyl (C=S) groups is 1. The van der Waals surface area contributed by atoms with Gasteiger partial charge in [0, 0.05) is 10.6 Å². The summed E-state index contributed by atoms with van der Waals surface area (Å²) < 4.78 is 33.5. The largest absolute Gasteiger partial charge is 0.495 e. The first-order valence-corrected chi connectivity index (χ1v) is 11.6.